The number of aromatic nitrogens is 3. The van der Waals surface area contributed by atoms with E-state index in [2.05, 4.69) is 15.4 Å². The number of ether oxygens (including phenoxy) is 1. The lowest BCUT2D eigenvalue weighted by Gasteiger charge is -2.16. The maximum absolute atomic E-state index is 13.7. The average molecular weight is 552 g/mol. The van der Waals surface area contributed by atoms with E-state index in [4.69, 9.17) is 4.74 Å². The number of thiazole rings is 1. The standard InChI is InChI=1S/C29H21N5O5S/c1-16-8-7-9-18(14-16)30-23(36)15-33-21-12-5-3-10-19(21)24(27(33)37)25-28(38)34-29(40-25)31-26(32-34)20-11-4-6-13-22(20)39-17(2)35/h3-14H,15H2,1-2H3,(H,30,36). The summed E-state index contributed by atoms with van der Waals surface area (Å²) in [5.41, 5.74) is 2.86. The molecule has 1 aliphatic heterocycles. The third kappa shape index (κ3) is 4.41. The van der Waals surface area contributed by atoms with E-state index in [0.717, 1.165) is 21.4 Å². The predicted octanol–water partition coefficient (Wildman–Crippen LogP) is 2.95. The number of nitrogens with one attached hydrogen (secondary N) is 1. The molecule has 3 heterocycles. The van der Waals surface area contributed by atoms with Crippen molar-refractivity contribution in [2.75, 3.05) is 16.8 Å². The Hall–Kier alpha value is -5.16. The van der Waals surface area contributed by atoms with Crippen LogP contribution in [-0.2, 0) is 14.4 Å². The third-order valence-electron chi connectivity index (χ3n) is 6.29. The molecule has 1 aliphatic rings. The van der Waals surface area contributed by atoms with E-state index in [0.29, 0.717) is 22.5 Å². The molecule has 5 aromatic rings. The summed E-state index contributed by atoms with van der Waals surface area (Å²) < 4.78 is 6.57. The van der Waals surface area contributed by atoms with E-state index >= 15 is 0 Å². The van der Waals surface area contributed by atoms with Crippen LogP contribution in [0.3, 0.4) is 0 Å². The summed E-state index contributed by atoms with van der Waals surface area (Å²) in [6.07, 6.45) is 0. The topological polar surface area (TPSA) is 123 Å². The monoisotopic (exact) mass is 551 g/mol. The lowest BCUT2D eigenvalue weighted by molar-refractivity contribution is -0.131. The molecule has 10 nitrogen and oxygen atoms in total. The van der Waals surface area contributed by atoms with Gasteiger partial charge in [-0.1, -0.05) is 53.8 Å². The van der Waals surface area contributed by atoms with Gasteiger partial charge in [0, 0.05) is 18.2 Å². The van der Waals surface area contributed by atoms with Crippen LogP contribution in [0.15, 0.2) is 77.6 Å². The first-order valence-corrected chi connectivity index (χ1v) is 13.1. The molecule has 1 N–H and O–H groups in total. The summed E-state index contributed by atoms with van der Waals surface area (Å²) in [6, 6.07) is 21.2. The van der Waals surface area contributed by atoms with Crippen LogP contribution in [-0.4, -0.2) is 38.9 Å². The van der Waals surface area contributed by atoms with Crippen molar-refractivity contribution in [2.24, 2.45) is 0 Å². The van der Waals surface area contributed by atoms with Gasteiger partial charge in [0.25, 0.3) is 11.5 Å². The number of para-hydroxylation sites is 2. The number of aryl methyl sites for hydroxylation is 1. The molecule has 11 heteroatoms. The Labute approximate surface area is 231 Å². The summed E-state index contributed by atoms with van der Waals surface area (Å²) in [6.45, 7) is 2.99. The van der Waals surface area contributed by atoms with Crippen LogP contribution in [0.5, 0.6) is 5.75 Å². The van der Waals surface area contributed by atoms with E-state index in [-0.39, 0.29) is 39.1 Å². The van der Waals surface area contributed by atoms with Gasteiger partial charge in [0.15, 0.2) is 5.82 Å². The van der Waals surface area contributed by atoms with Crippen molar-refractivity contribution in [3.05, 3.63) is 98.8 Å². The summed E-state index contributed by atoms with van der Waals surface area (Å²) in [4.78, 5) is 57.7. The van der Waals surface area contributed by atoms with Gasteiger partial charge in [0.1, 0.15) is 16.8 Å². The van der Waals surface area contributed by atoms with Gasteiger partial charge >= 0.3 is 5.97 Å². The number of hydrogen-bond donors (Lipinski definition) is 1. The van der Waals surface area contributed by atoms with Crippen molar-refractivity contribution in [1.29, 1.82) is 0 Å². The largest absolute Gasteiger partial charge is 0.426 e. The molecule has 0 bridgehead atoms. The number of amides is 2. The van der Waals surface area contributed by atoms with Gasteiger partial charge in [0.05, 0.1) is 16.8 Å². The molecule has 3 aromatic carbocycles. The third-order valence-corrected chi connectivity index (χ3v) is 7.32. The zero-order chi connectivity index (χ0) is 28.0. The van der Waals surface area contributed by atoms with E-state index in [1.54, 1.807) is 54.6 Å². The molecule has 2 aromatic heterocycles. The second-order valence-electron chi connectivity index (χ2n) is 9.16. The van der Waals surface area contributed by atoms with Crippen molar-refractivity contribution < 1.29 is 19.1 Å². The molecule has 2 amide bonds. The molecule has 0 unspecified atom stereocenters. The van der Waals surface area contributed by atoms with Gasteiger partial charge < -0.3 is 10.1 Å². The van der Waals surface area contributed by atoms with E-state index in [1.807, 2.05) is 25.1 Å². The predicted molar refractivity (Wildman–Crippen MR) is 150 cm³/mol. The number of carbonyl (C=O) groups is 3. The van der Waals surface area contributed by atoms with Crippen molar-refractivity contribution >= 4 is 51.0 Å². The van der Waals surface area contributed by atoms with Crippen molar-refractivity contribution in [2.45, 2.75) is 13.8 Å². The number of fused-ring (bicyclic) bond motifs is 2. The molecular formula is C29H21N5O5S. The Morgan fingerprint density at radius 1 is 0.975 bits per heavy atom. The second-order valence-corrected chi connectivity index (χ2v) is 10.1. The van der Waals surface area contributed by atoms with Crippen LogP contribution in [0.4, 0.5) is 11.4 Å². The number of rotatable bonds is 5. The van der Waals surface area contributed by atoms with Crippen LogP contribution in [0.2, 0.25) is 0 Å². The SMILES string of the molecule is CC(=O)Oc1ccccc1-c1nc2sc(=C3C(=O)N(CC(=O)Nc4cccc(C)c4)c4ccccc43)c(=O)n2n1. The second kappa shape index (κ2) is 9.86. The zero-order valence-electron chi connectivity index (χ0n) is 21.4. The Bertz CT molecular complexity index is 1960. The van der Waals surface area contributed by atoms with E-state index < -0.39 is 17.4 Å². The number of esters is 1. The van der Waals surface area contributed by atoms with Gasteiger partial charge in [-0.25, -0.2) is 0 Å². The number of anilines is 2. The van der Waals surface area contributed by atoms with Gasteiger partial charge in [-0.15, -0.1) is 5.10 Å². The first-order chi connectivity index (χ1) is 19.3. The molecule has 0 spiro atoms. The van der Waals surface area contributed by atoms with Crippen molar-refractivity contribution in [3.8, 4) is 17.1 Å². The maximum atomic E-state index is 13.7. The van der Waals surface area contributed by atoms with Crippen molar-refractivity contribution in [3.63, 3.8) is 0 Å². The summed E-state index contributed by atoms with van der Waals surface area (Å²) in [5.74, 6) is -0.829. The number of hydrogen-bond acceptors (Lipinski definition) is 8. The van der Waals surface area contributed by atoms with Crippen molar-refractivity contribution in [1.82, 2.24) is 14.6 Å². The lowest BCUT2D eigenvalue weighted by atomic mass is 10.1. The number of carbonyl (C=O) groups excluding carboxylic acids is 3. The minimum absolute atomic E-state index is 0.175. The van der Waals surface area contributed by atoms with E-state index in [1.165, 1.54) is 11.8 Å². The quantitative estimate of drug-likeness (QED) is 0.263. The van der Waals surface area contributed by atoms with Gasteiger partial charge in [-0.3, -0.25) is 24.1 Å². The molecule has 6 rings (SSSR count). The first-order valence-electron chi connectivity index (χ1n) is 12.3. The van der Waals surface area contributed by atoms with Crippen LogP contribution >= 0.6 is 11.3 Å². The summed E-state index contributed by atoms with van der Waals surface area (Å²) in [7, 11) is 0. The fraction of sp³-hybridized carbons (Fsp3) is 0.103. The molecule has 0 aliphatic carbocycles. The zero-order valence-corrected chi connectivity index (χ0v) is 22.2. The number of benzene rings is 3. The molecule has 0 atom stereocenters. The highest BCUT2D eigenvalue weighted by atomic mass is 32.1. The molecule has 0 radical (unpaired) electrons. The lowest BCUT2D eigenvalue weighted by Crippen LogP contribution is -2.37. The van der Waals surface area contributed by atoms with Gasteiger partial charge in [-0.05, 0) is 42.8 Å². The highest BCUT2D eigenvalue weighted by Gasteiger charge is 2.35. The normalized spacial score (nSPS) is 13.9. The molecule has 0 fully saturated rings. The Balaban J connectivity index is 1.39. The fourth-order valence-corrected chi connectivity index (χ4v) is 5.62. The number of nitrogens with zero attached hydrogens (tertiary/aromatic N) is 4. The highest BCUT2D eigenvalue weighted by Crippen LogP contribution is 2.35. The van der Waals surface area contributed by atoms with Crippen LogP contribution in [0.1, 0.15) is 18.1 Å². The first kappa shape index (κ1) is 25.1. The van der Waals surface area contributed by atoms with E-state index in [9.17, 15) is 19.2 Å². The summed E-state index contributed by atoms with van der Waals surface area (Å²) in [5, 5.41) is 7.18. The smallest absolute Gasteiger partial charge is 0.308 e. The van der Waals surface area contributed by atoms with Crippen LogP contribution in [0.25, 0.3) is 21.9 Å². The molecule has 40 heavy (non-hydrogen) atoms. The molecule has 0 saturated carbocycles. The maximum Gasteiger partial charge on any atom is 0.308 e. The minimum atomic E-state index is -0.507. The minimum Gasteiger partial charge on any atom is -0.426 e. The Kier molecular flexibility index (Phi) is 6.20. The molecular weight excluding hydrogens is 530 g/mol. The Morgan fingerprint density at radius 2 is 1.73 bits per heavy atom. The average Bonchev–Trinajstić information content (AvgIpc) is 3.55. The molecule has 198 valence electrons. The fourth-order valence-electron chi connectivity index (χ4n) is 4.62. The van der Waals surface area contributed by atoms with Crippen LogP contribution < -0.4 is 25.0 Å². The van der Waals surface area contributed by atoms with Gasteiger partial charge in [0.2, 0.25) is 10.9 Å². The highest BCUT2D eigenvalue weighted by molar-refractivity contribution is 7.15. The summed E-state index contributed by atoms with van der Waals surface area (Å²) >= 11 is 1.03. The Morgan fingerprint density at radius 3 is 2.48 bits per heavy atom. The molecule has 0 saturated heterocycles. The van der Waals surface area contributed by atoms with Gasteiger partial charge in [-0.2, -0.15) is 9.50 Å². The van der Waals surface area contributed by atoms with Crippen LogP contribution in [0, 0.1) is 6.92 Å².